The molecule has 0 aromatic rings. The van der Waals surface area contributed by atoms with E-state index in [2.05, 4.69) is 10.6 Å². The van der Waals surface area contributed by atoms with E-state index >= 15 is 0 Å². The Labute approximate surface area is 95.4 Å². The minimum absolute atomic E-state index is 0.0735. The molecule has 1 aliphatic heterocycles. The summed E-state index contributed by atoms with van der Waals surface area (Å²) in [7, 11) is -3.66. The maximum absolute atomic E-state index is 11.2. The van der Waals surface area contributed by atoms with Crippen molar-refractivity contribution >= 4 is 16.1 Å². The molecule has 16 heavy (non-hydrogen) atoms. The number of hydrogen-bond donors (Lipinski definition) is 2. The molecule has 1 saturated heterocycles. The van der Waals surface area contributed by atoms with Crippen LogP contribution >= 0.6 is 0 Å². The van der Waals surface area contributed by atoms with E-state index < -0.39 is 10.2 Å². The lowest BCUT2D eigenvalue weighted by Gasteiger charge is -2.31. The van der Waals surface area contributed by atoms with Crippen LogP contribution in [0, 0.1) is 18.3 Å². The highest BCUT2D eigenvalue weighted by molar-refractivity contribution is 7.87. The van der Waals surface area contributed by atoms with Crippen molar-refractivity contribution in [1.82, 2.24) is 9.62 Å². The summed E-state index contributed by atoms with van der Waals surface area (Å²) >= 11 is 0. The lowest BCUT2D eigenvalue weighted by molar-refractivity contribution is -0.126. The fourth-order valence-corrected chi connectivity index (χ4v) is 2.21. The second kappa shape index (κ2) is 5.30. The van der Waals surface area contributed by atoms with Gasteiger partial charge in [0, 0.05) is 19.6 Å². The fraction of sp³-hybridized carbons (Fsp3) is 0.667. The van der Waals surface area contributed by atoms with Gasteiger partial charge in [-0.25, -0.2) is 9.86 Å². The third-order valence-electron chi connectivity index (χ3n) is 2.50. The summed E-state index contributed by atoms with van der Waals surface area (Å²) < 4.78 is 23.6. The van der Waals surface area contributed by atoms with Crippen LogP contribution in [0.3, 0.4) is 0 Å². The van der Waals surface area contributed by atoms with Crippen LogP contribution < -0.4 is 9.86 Å². The number of nitrogens with two attached hydrogens (primary N) is 1. The average Bonchev–Trinajstić information content (AvgIpc) is 2.25. The Morgan fingerprint density at radius 1 is 1.62 bits per heavy atom. The van der Waals surface area contributed by atoms with E-state index in [0.717, 1.165) is 12.8 Å². The average molecular weight is 245 g/mol. The Morgan fingerprint density at radius 3 is 2.88 bits per heavy atom. The monoisotopic (exact) mass is 245 g/mol. The van der Waals surface area contributed by atoms with Gasteiger partial charge in [-0.1, -0.05) is 0 Å². The Kier molecular flexibility index (Phi) is 4.29. The molecule has 7 heteroatoms. The van der Waals surface area contributed by atoms with Crippen molar-refractivity contribution in [1.29, 1.82) is 0 Å². The number of carbonyl (C=O) groups is 1. The van der Waals surface area contributed by atoms with Crippen LogP contribution in [0.15, 0.2) is 0 Å². The lowest BCUT2D eigenvalue weighted by atomic mass is 9.98. The minimum atomic E-state index is -3.66. The molecule has 1 unspecified atom stereocenters. The van der Waals surface area contributed by atoms with Gasteiger partial charge < -0.3 is 4.90 Å². The van der Waals surface area contributed by atoms with Gasteiger partial charge in [-0.2, -0.15) is 8.42 Å². The van der Waals surface area contributed by atoms with Gasteiger partial charge in [0.05, 0.1) is 0 Å². The molecule has 0 bridgehead atoms. The summed E-state index contributed by atoms with van der Waals surface area (Å²) in [6.45, 7) is 1.35. The molecule has 0 aromatic carbocycles. The zero-order chi connectivity index (χ0) is 12.2. The first kappa shape index (κ1) is 13.0. The van der Waals surface area contributed by atoms with Crippen LogP contribution in [0.4, 0.5) is 0 Å². The van der Waals surface area contributed by atoms with Gasteiger partial charge in [0.1, 0.15) is 0 Å². The number of nitrogens with one attached hydrogen (secondary N) is 1. The molecule has 1 amide bonds. The minimum Gasteiger partial charge on any atom is -0.332 e. The smallest absolute Gasteiger partial charge is 0.298 e. The normalized spacial score (nSPS) is 21.5. The third kappa shape index (κ3) is 4.18. The van der Waals surface area contributed by atoms with E-state index in [1.54, 1.807) is 4.90 Å². The maximum atomic E-state index is 11.2. The van der Waals surface area contributed by atoms with Crippen LogP contribution in [-0.2, 0) is 15.0 Å². The van der Waals surface area contributed by atoms with Crippen molar-refractivity contribution in [2.75, 3.05) is 19.6 Å². The molecule has 1 heterocycles. The predicted molar refractivity (Wildman–Crippen MR) is 59.2 cm³/mol. The SMILES string of the molecule is C#CC(=O)N1CCCC(CNS(N)(=O)=O)C1. The Bertz CT molecular complexity index is 399. The summed E-state index contributed by atoms with van der Waals surface area (Å²) in [5.41, 5.74) is 0. The standard InChI is InChI=1S/C9H15N3O3S/c1-2-9(13)12-5-3-4-8(7-12)6-11-16(10,14)15/h1,8,11H,3-7H2,(H2,10,14,15). The quantitative estimate of drug-likeness (QED) is 0.602. The topological polar surface area (TPSA) is 92.5 Å². The number of terminal acetylenes is 1. The molecule has 0 aliphatic carbocycles. The number of hydrogen-bond acceptors (Lipinski definition) is 3. The maximum Gasteiger partial charge on any atom is 0.298 e. The van der Waals surface area contributed by atoms with Gasteiger partial charge in [0.15, 0.2) is 0 Å². The van der Waals surface area contributed by atoms with Crippen LogP contribution in [0.5, 0.6) is 0 Å². The second-order valence-electron chi connectivity index (χ2n) is 3.80. The number of nitrogens with zero attached hydrogens (tertiary/aromatic N) is 1. The molecule has 3 N–H and O–H groups in total. The summed E-state index contributed by atoms with van der Waals surface area (Å²) in [5, 5.41) is 4.82. The van der Waals surface area contributed by atoms with Crippen molar-refractivity contribution in [2.24, 2.45) is 11.1 Å². The van der Waals surface area contributed by atoms with E-state index in [4.69, 9.17) is 11.6 Å². The van der Waals surface area contributed by atoms with Crippen LogP contribution in [-0.4, -0.2) is 38.9 Å². The van der Waals surface area contributed by atoms with Gasteiger partial charge in [-0.15, -0.1) is 6.42 Å². The van der Waals surface area contributed by atoms with Crippen molar-refractivity contribution in [3.63, 3.8) is 0 Å². The highest BCUT2D eigenvalue weighted by atomic mass is 32.2. The Balaban J connectivity index is 2.46. The zero-order valence-corrected chi connectivity index (χ0v) is 9.66. The van der Waals surface area contributed by atoms with Crippen molar-refractivity contribution < 1.29 is 13.2 Å². The molecular weight excluding hydrogens is 230 g/mol. The lowest BCUT2D eigenvalue weighted by Crippen LogP contribution is -2.44. The molecule has 1 aliphatic rings. The van der Waals surface area contributed by atoms with Gasteiger partial charge in [-0.05, 0) is 24.7 Å². The summed E-state index contributed by atoms with van der Waals surface area (Å²) in [5.74, 6) is 1.78. The first-order valence-electron chi connectivity index (χ1n) is 4.95. The summed E-state index contributed by atoms with van der Waals surface area (Å²) in [4.78, 5) is 12.8. The van der Waals surface area contributed by atoms with E-state index in [-0.39, 0.29) is 18.4 Å². The predicted octanol–water partition coefficient (Wildman–Crippen LogP) is -1.35. The first-order chi connectivity index (χ1) is 7.42. The van der Waals surface area contributed by atoms with Gasteiger partial charge in [0.2, 0.25) is 0 Å². The van der Waals surface area contributed by atoms with Gasteiger partial charge >= 0.3 is 0 Å². The number of likely N-dealkylation sites (tertiary alicyclic amines) is 1. The van der Waals surface area contributed by atoms with Crippen LogP contribution in [0.1, 0.15) is 12.8 Å². The summed E-state index contributed by atoms with van der Waals surface area (Å²) in [6.07, 6.45) is 6.70. The van der Waals surface area contributed by atoms with Crippen LogP contribution in [0.2, 0.25) is 0 Å². The Morgan fingerprint density at radius 2 is 2.31 bits per heavy atom. The number of carbonyl (C=O) groups excluding carboxylic acids is 1. The fourth-order valence-electron chi connectivity index (χ4n) is 1.74. The molecule has 0 spiro atoms. The van der Waals surface area contributed by atoms with Crippen molar-refractivity contribution in [2.45, 2.75) is 12.8 Å². The van der Waals surface area contributed by atoms with Gasteiger partial charge in [-0.3, -0.25) is 4.79 Å². The molecule has 6 nitrogen and oxygen atoms in total. The van der Waals surface area contributed by atoms with Crippen LogP contribution in [0.25, 0.3) is 0 Å². The summed E-state index contributed by atoms with van der Waals surface area (Å²) in [6, 6.07) is 0. The highest BCUT2D eigenvalue weighted by Crippen LogP contribution is 2.15. The molecule has 90 valence electrons. The molecule has 0 saturated carbocycles. The van der Waals surface area contributed by atoms with E-state index in [0.29, 0.717) is 13.1 Å². The molecular formula is C9H15N3O3S. The molecule has 1 fully saturated rings. The zero-order valence-electron chi connectivity index (χ0n) is 8.85. The number of rotatable bonds is 3. The second-order valence-corrected chi connectivity index (χ2v) is 5.18. The third-order valence-corrected chi connectivity index (χ3v) is 3.07. The van der Waals surface area contributed by atoms with Crippen molar-refractivity contribution in [3.05, 3.63) is 0 Å². The van der Waals surface area contributed by atoms with E-state index in [9.17, 15) is 13.2 Å². The number of amides is 1. The highest BCUT2D eigenvalue weighted by Gasteiger charge is 2.23. The van der Waals surface area contributed by atoms with E-state index in [1.165, 1.54) is 0 Å². The Hall–Kier alpha value is -1.10. The molecule has 0 aromatic heterocycles. The molecule has 1 rings (SSSR count). The number of piperidine rings is 1. The largest absolute Gasteiger partial charge is 0.332 e. The first-order valence-corrected chi connectivity index (χ1v) is 6.50. The molecule has 1 atom stereocenters. The van der Waals surface area contributed by atoms with Gasteiger partial charge in [0.25, 0.3) is 16.1 Å². The van der Waals surface area contributed by atoms with E-state index in [1.807, 2.05) is 0 Å². The van der Waals surface area contributed by atoms with Crippen molar-refractivity contribution in [3.8, 4) is 12.3 Å². The molecule has 0 radical (unpaired) electrons.